The summed E-state index contributed by atoms with van der Waals surface area (Å²) < 4.78 is 0. The van der Waals surface area contributed by atoms with E-state index in [-0.39, 0.29) is 18.0 Å². The SMILES string of the molecule is CCN(C)C(=O)N1CCCC(NC(=O)c2ccccc2C)CC1. The number of carbonyl (C=O) groups excluding carboxylic acids is 2. The van der Waals surface area contributed by atoms with Crippen LogP contribution in [0.3, 0.4) is 0 Å². The summed E-state index contributed by atoms with van der Waals surface area (Å²) >= 11 is 0. The van der Waals surface area contributed by atoms with Gasteiger partial charge < -0.3 is 15.1 Å². The van der Waals surface area contributed by atoms with Gasteiger partial charge in [-0.25, -0.2) is 4.79 Å². The number of urea groups is 1. The predicted molar refractivity (Wildman–Crippen MR) is 91.6 cm³/mol. The van der Waals surface area contributed by atoms with Crippen LogP contribution >= 0.6 is 0 Å². The van der Waals surface area contributed by atoms with Gasteiger partial charge in [-0.15, -0.1) is 0 Å². The molecule has 5 heteroatoms. The number of aryl methyl sites for hydroxylation is 1. The Labute approximate surface area is 138 Å². The van der Waals surface area contributed by atoms with Crippen LogP contribution < -0.4 is 5.32 Å². The van der Waals surface area contributed by atoms with Crippen LogP contribution in [0.1, 0.15) is 42.1 Å². The van der Waals surface area contributed by atoms with Gasteiger partial charge in [0.15, 0.2) is 0 Å². The van der Waals surface area contributed by atoms with Crippen LogP contribution in [0.15, 0.2) is 24.3 Å². The van der Waals surface area contributed by atoms with Gasteiger partial charge in [0.05, 0.1) is 0 Å². The van der Waals surface area contributed by atoms with Crippen molar-refractivity contribution < 1.29 is 9.59 Å². The zero-order valence-corrected chi connectivity index (χ0v) is 14.3. The highest BCUT2D eigenvalue weighted by atomic mass is 16.2. The van der Waals surface area contributed by atoms with Crippen LogP contribution in [-0.2, 0) is 0 Å². The van der Waals surface area contributed by atoms with E-state index < -0.39 is 0 Å². The van der Waals surface area contributed by atoms with Crippen LogP contribution in [0.5, 0.6) is 0 Å². The van der Waals surface area contributed by atoms with E-state index in [2.05, 4.69) is 5.32 Å². The van der Waals surface area contributed by atoms with Gasteiger partial charge in [0, 0.05) is 38.3 Å². The van der Waals surface area contributed by atoms with Crippen molar-refractivity contribution in [1.29, 1.82) is 0 Å². The molecule has 0 radical (unpaired) electrons. The van der Waals surface area contributed by atoms with E-state index in [1.165, 1.54) is 0 Å². The number of nitrogens with one attached hydrogen (secondary N) is 1. The summed E-state index contributed by atoms with van der Waals surface area (Å²) in [6.45, 7) is 6.09. The number of carbonyl (C=O) groups is 2. The molecule has 1 heterocycles. The fraction of sp³-hybridized carbons (Fsp3) is 0.556. The maximum absolute atomic E-state index is 12.4. The largest absolute Gasteiger partial charge is 0.349 e. The standard InChI is InChI=1S/C18H27N3O2/c1-4-20(3)18(23)21-12-7-9-15(11-13-21)19-17(22)16-10-6-5-8-14(16)2/h5-6,8,10,15H,4,7,9,11-13H2,1-3H3,(H,19,22). The van der Waals surface area contributed by atoms with Crippen molar-refractivity contribution in [2.75, 3.05) is 26.7 Å². The molecule has 2 rings (SSSR count). The lowest BCUT2D eigenvalue weighted by molar-refractivity contribution is 0.0933. The van der Waals surface area contributed by atoms with Gasteiger partial charge >= 0.3 is 6.03 Å². The minimum atomic E-state index is -0.0152. The van der Waals surface area contributed by atoms with Crippen LogP contribution in [0.25, 0.3) is 0 Å². The van der Waals surface area contributed by atoms with Crippen LogP contribution in [-0.4, -0.2) is 54.5 Å². The van der Waals surface area contributed by atoms with Gasteiger partial charge in [0.1, 0.15) is 0 Å². The van der Waals surface area contributed by atoms with Gasteiger partial charge in [0.25, 0.3) is 5.91 Å². The number of benzene rings is 1. The van der Waals surface area contributed by atoms with Crippen LogP contribution in [0.2, 0.25) is 0 Å². The summed E-state index contributed by atoms with van der Waals surface area (Å²) in [7, 11) is 1.82. The third-order valence-corrected chi connectivity index (χ3v) is 4.52. The van der Waals surface area contributed by atoms with Crippen molar-refractivity contribution in [2.24, 2.45) is 0 Å². The van der Waals surface area contributed by atoms with Gasteiger partial charge in [-0.1, -0.05) is 18.2 Å². The number of hydrogen-bond donors (Lipinski definition) is 1. The maximum atomic E-state index is 12.4. The molecular formula is C18H27N3O2. The molecule has 1 atom stereocenters. The van der Waals surface area contributed by atoms with Crippen molar-refractivity contribution >= 4 is 11.9 Å². The molecule has 1 aromatic carbocycles. The van der Waals surface area contributed by atoms with E-state index in [1.54, 1.807) is 4.90 Å². The van der Waals surface area contributed by atoms with Gasteiger partial charge in [-0.05, 0) is 44.7 Å². The van der Waals surface area contributed by atoms with Crippen molar-refractivity contribution in [3.63, 3.8) is 0 Å². The molecule has 1 N–H and O–H groups in total. The van der Waals surface area contributed by atoms with E-state index in [1.807, 2.05) is 50.1 Å². The molecule has 0 bridgehead atoms. The molecule has 1 unspecified atom stereocenters. The van der Waals surface area contributed by atoms with E-state index in [9.17, 15) is 9.59 Å². The molecule has 0 saturated carbocycles. The molecule has 1 aliphatic heterocycles. The molecule has 1 saturated heterocycles. The minimum absolute atomic E-state index is 0.0152. The average molecular weight is 317 g/mol. The predicted octanol–water partition coefficient (Wildman–Crippen LogP) is 2.65. The van der Waals surface area contributed by atoms with Crippen molar-refractivity contribution in [3.05, 3.63) is 35.4 Å². The number of rotatable bonds is 3. The van der Waals surface area contributed by atoms with Crippen molar-refractivity contribution in [2.45, 2.75) is 39.2 Å². The Balaban J connectivity index is 1.92. The molecule has 3 amide bonds. The van der Waals surface area contributed by atoms with Crippen LogP contribution in [0.4, 0.5) is 4.79 Å². The number of hydrogen-bond acceptors (Lipinski definition) is 2. The Morgan fingerprint density at radius 1 is 1.26 bits per heavy atom. The fourth-order valence-electron chi connectivity index (χ4n) is 2.90. The smallest absolute Gasteiger partial charge is 0.319 e. The number of likely N-dealkylation sites (tertiary alicyclic amines) is 1. The highest BCUT2D eigenvalue weighted by Crippen LogP contribution is 2.14. The number of amides is 3. The summed E-state index contributed by atoms with van der Waals surface area (Å²) in [4.78, 5) is 28.3. The third kappa shape index (κ3) is 4.47. The Morgan fingerprint density at radius 3 is 2.70 bits per heavy atom. The molecule has 5 nitrogen and oxygen atoms in total. The molecule has 1 fully saturated rings. The maximum Gasteiger partial charge on any atom is 0.319 e. The summed E-state index contributed by atoms with van der Waals surface area (Å²) in [6, 6.07) is 7.84. The highest BCUT2D eigenvalue weighted by molar-refractivity contribution is 5.95. The first-order valence-corrected chi connectivity index (χ1v) is 8.39. The Morgan fingerprint density at radius 2 is 2.00 bits per heavy atom. The topological polar surface area (TPSA) is 52.7 Å². The first-order chi connectivity index (χ1) is 11.0. The Hall–Kier alpha value is -2.04. The van der Waals surface area contributed by atoms with Crippen molar-refractivity contribution in [3.8, 4) is 0 Å². The van der Waals surface area contributed by atoms with Gasteiger partial charge in [0.2, 0.25) is 0 Å². The highest BCUT2D eigenvalue weighted by Gasteiger charge is 2.23. The molecule has 0 aromatic heterocycles. The van der Waals surface area contributed by atoms with Gasteiger partial charge in [-0.3, -0.25) is 4.79 Å². The van der Waals surface area contributed by atoms with E-state index in [4.69, 9.17) is 0 Å². The van der Waals surface area contributed by atoms with Crippen LogP contribution in [0, 0.1) is 6.92 Å². The Bertz CT molecular complexity index is 559. The minimum Gasteiger partial charge on any atom is -0.349 e. The van der Waals surface area contributed by atoms with E-state index >= 15 is 0 Å². The molecule has 0 aliphatic carbocycles. The lowest BCUT2D eigenvalue weighted by Crippen LogP contribution is -2.42. The lowest BCUT2D eigenvalue weighted by Gasteiger charge is -2.26. The zero-order chi connectivity index (χ0) is 16.8. The lowest BCUT2D eigenvalue weighted by atomic mass is 10.1. The second-order valence-electron chi connectivity index (χ2n) is 6.20. The molecule has 0 spiro atoms. The summed E-state index contributed by atoms with van der Waals surface area (Å²) in [5, 5.41) is 3.13. The normalized spacial score (nSPS) is 18.2. The second-order valence-corrected chi connectivity index (χ2v) is 6.20. The first kappa shape index (κ1) is 17.3. The molecule has 126 valence electrons. The molecular weight excluding hydrogens is 290 g/mol. The fourth-order valence-corrected chi connectivity index (χ4v) is 2.90. The summed E-state index contributed by atoms with van der Waals surface area (Å²) in [6.07, 6.45) is 2.64. The van der Waals surface area contributed by atoms with Gasteiger partial charge in [-0.2, -0.15) is 0 Å². The summed E-state index contributed by atoms with van der Waals surface area (Å²) in [5.74, 6) is -0.0152. The van der Waals surface area contributed by atoms with E-state index in [0.29, 0.717) is 13.1 Å². The average Bonchev–Trinajstić information content (AvgIpc) is 2.79. The van der Waals surface area contributed by atoms with Crippen molar-refractivity contribution in [1.82, 2.24) is 15.1 Å². The molecule has 1 aliphatic rings. The quantitative estimate of drug-likeness (QED) is 0.932. The number of nitrogens with zero attached hydrogens (tertiary/aromatic N) is 2. The molecule has 1 aromatic rings. The van der Waals surface area contributed by atoms with E-state index in [0.717, 1.165) is 36.9 Å². The third-order valence-electron chi connectivity index (χ3n) is 4.52. The second kappa shape index (κ2) is 7.99. The zero-order valence-electron chi connectivity index (χ0n) is 14.3. The monoisotopic (exact) mass is 317 g/mol. The summed E-state index contributed by atoms with van der Waals surface area (Å²) in [5.41, 5.74) is 1.72. The molecule has 23 heavy (non-hydrogen) atoms. The first-order valence-electron chi connectivity index (χ1n) is 8.39. The Kier molecular flexibility index (Phi) is 6.02.